The third kappa shape index (κ3) is 2.99. The minimum atomic E-state index is -0.976. The van der Waals surface area contributed by atoms with Gasteiger partial charge in [0.15, 0.2) is 0 Å². The molecule has 0 atom stereocenters. The maximum absolute atomic E-state index is 10.4. The summed E-state index contributed by atoms with van der Waals surface area (Å²) in [6, 6.07) is 9.01. The number of carbonyl (C=O) groups is 1. The standard InChI is InChI=1S/C10H10O3/c1-8(10(11)12)7-13-9-5-3-2-4-6-9/h2-7H,1H3,(H,11,12)/b8-7-. The van der Waals surface area contributed by atoms with Crippen LogP contribution in [-0.4, -0.2) is 11.1 Å². The van der Waals surface area contributed by atoms with E-state index in [1.165, 1.54) is 13.2 Å². The Hall–Kier alpha value is -1.77. The highest BCUT2D eigenvalue weighted by atomic mass is 16.5. The fourth-order valence-electron chi connectivity index (χ4n) is 0.706. The van der Waals surface area contributed by atoms with E-state index in [0.717, 1.165) is 0 Å². The third-order valence-electron chi connectivity index (χ3n) is 1.45. The topological polar surface area (TPSA) is 46.5 Å². The zero-order chi connectivity index (χ0) is 9.68. The second-order valence-corrected chi connectivity index (χ2v) is 2.54. The van der Waals surface area contributed by atoms with Crippen LogP contribution in [0, 0.1) is 0 Å². The van der Waals surface area contributed by atoms with Crippen LogP contribution >= 0.6 is 0 Å². The summed E-state index contributed by atoms with van der Waals surface area (Å²) in [6.45, 7) is 1.48. The number of ether oxygens (including phenoxy) is 1. The first kappa shape index (κ1) is 9.32. The summed E-state index contributed by atoms with van der Waals surface area (Å²) in [6.07, 6.45) is 1.22. The highest BCUT2D eigenvalue weighted by Crippen LogP contribution is 2.09. The Labute approximate surface area is 76.3 Å². The quantitative estimate of drug-likeness (QED) is 0.569. The lowest BCUT2D eigenvalue weighted by molar-refractivity contribution is -0.132. The van der Waals surface area contributed by atoms with Gasteiger partial charge in [0.1, 0.15) is 12.0 Å². The highest BCUT2D eigenvalue weighted by molar-refractivity contribution is 5.85. The Morgan fingerprint density at radius 1 is 1.38 bits per heavy atom. The van der Waals surface area contributed by atoms with Gasteiger partial charge in [-0.15, -0.1) is 0 Å². The van der Waals surface area contributed by atoms with Gasteiger partial charge in [-0.1, -0.05) is 18.2 Å². The van der Waals surface area contributed by atoms with Crippen molar-refractivity contribution in [1.29, 1.82) is 0 Å². The van der Waals surface area contributed by atoms with Crippen molar-refractivity contribution < 1.29 is 14.6 Å². The van der Waals surface area contributed by atoms with Crippen LogP contribution in [-0.2, 0) is 4.79 Å². The molecule has 0 saturated carbocycles. The molecule has 0 fully saturated rings. The molecular formula is C10H10O3. The maximum atomic E-state index is 10.4. The van der Waals surface area contributed by atoms with Crippen molar-refractivity contribution in [3.8, 4) is 5.75 Å². The Morgan fingerprint density at radius 3 is 2.54 bits per heavy atom. The molecule has 0 spiro atoms. The first-order chi connectivity index (χ1) is 6.20. The fraction of sp³-hybridized carbons (Fsp3) is 0.100. The Kier molecular flexibility index (Phi) is 3.09. The molecule has 3 nitrogen and oxygen atoms in total. The molecule has 3 heteroatoms. The van der Waals surface area contributed by atoms with Gasteiger partial charge in [-0.05, 0) is 19.1 Å². The molecule has 68 valence electrons. The lowest BCUT2D eigenvalue weighted by atomic mass is 10.3. The molecule has 0 unspecified atom stereocenters. The number of aliphatic carboxylic acids is 1. The van der Waals surface area contributed by atoms with Crippen LogP contribution in [0.15, 0.2) is 42.2 Å². The Morgan fingerprint density at radius 2 is 2.00 bits per heavy atom. The molecule has 13 heavy (non-hydrogen) atoms. The maximum Gasteiger partial charge on any atom is 0.334 e. The molecule has 1 rings (SSSR count). The minimum absolute atomic E-state index is 0.170. The molecule has 0 aliphatic heterocycles. The van der Waals surface area contributed by atoms with Crippen molar-refractivity contribution in [2.75, 3.05) is 0 Å². The first-order valence-electron chi connectivity index (χ1n) is 3.82. The average molecular weight is 178 g/mol. The number of carboxylic acid groups (broad SMARTS) is 1. The molecule has 1 aromatic carbocycles. The lowest BCUT2D eigenvalue weighted by Crippen LogP contribution is -1.97. The predicted octanol–water partition coefficient (Wildman–Crippen LogP) is 2.05. The molecule has 0 aliphatic carbocycles. The van der Waals surface area contributed by atoms with Gasteiger partial charge in [-0.25, -0.2) is 4.79 Å². The highest BCUT2D eigenvalue weighted by Gasteiger charge is 1.99. The zero-order valence-electron chi connectivity index (χ0n) is 7.23. The van der Waals surface area contributed by atoms with Crippen molar-refractivity contribution in [2.24, 2.45) is 0 Å². The van der Waals surface area contributed by atoms with E-state index < -0.39 is 5.97 Å². The van der Waals surface area contributed by atoms with Crippen molar-refractivity contribution in [2.45, 2.75) is 6.92 Å². The number of rotatable bonds is 3. The minimum Gasteiger partial charge on any atom is -0.478 e. The number of benzene rings is 1. The zero-order valence-corrected chi connectivity index (χ0v) is 7.23. The van der Waals surface area contributed by atoms with Gasteiger partial charge in [-0.3, -0.25) is 0 Å². The molecule has 0 amide bonds. The van der Waals surface area contributed by atoms with E-state index in [1.54, 1.807) is 12.1 Å². The summed E-state index contributed by atoms with van der Waals surface area (Å²) >= 11 is 0. The van der Waals surface area contributed by atoms with Crippen LogP contribution in [0.25, 0.3) is 0 Å². The SMILES string of the molecule is C/C(=C/Oc1ccccc1)C(=O)O. The summed E-state index contributed by atoms with van der Waals surface area (Å²) in [4.78, 5) is 10.4. The predicted molar refractivity (Wildman–Crippen MR) is 48.5 cm³/mol. The van der Waals surface area contributed by atoms with Crippen LogP contribution in [0.1, 0.15) is 6.92 Å². The number of carboxylic acids is 1. The summed E-state index contributed by atoms with van der Waals surface area (Å²) in [7, 11) is 0. The molecule has 0 aliphatic rings. The normalized spacial score (nSPS) is 11.0. The van der Waals surface area contributed by atoms with E-state index in [1.807, 2.05) is 18.2 Å². The van der Waals surface area contributed by atoms with Crippen molar-refractivity contribution in [3.05, 3.63) is 42.2 Å². The molecule has 0 radical (unpaired) electrons. The van der Waals surface area contributed by atoms with Crippen LogP contribution < -0.4 is 4.74 Å². The lowest BCUT2D eigenvalue weighted by Gasteiger charge is -1.99. The van der Waals surface area contributed by atoms with Gasteiger partial charge < -0.3 is 9.84 Å². The fourth-order valence-corrected chi connectivity index (χ4v) is 0.706. The van der Waals surface area contributed by atoms with Gasteiger partial charge >= 0.3 is 5.97 Å². The van der Waals surface area contributed by atoms with E-state index in [2.05, 4.69) is 0 Å². The average Bonchev–Trinajstić information content (AvgIpc) is 2.15. The van der Waals surface area contributed by atoms with Gasteiger partial charge in [0.2, 0.25) is 0 Å². The molecule has 0 aromatic heterocycles. The summed E-state index contributed by atoms with van der Waals surface area (Å²) in [5.74, 6) is -0.348. The van der Waals surface area contributed by atoms with Crippen molar-refractivity contribution in [3.63, 3.8) is 0 Å². The number of para-hydroxylation sites is 1. The van der Waals surface area contributed by atoms with Gasteiger partial charge in [0, 0.05) is 0 Å². The van der Waals surface area contributed by atoms with Crippen molar-refractivity contribution >= 4 is 5.97 Å². The van der Waals surface area contributed by atoms with Crippen LogP contribution in [0.2, 0.25) is 0 Å². The second kappa shape index (κ2) is 4.30. The molecule has 1 N–H and O–H groups in total. The van der Waals surface area contributed by atoms with E-state index >= 15 is 0 Å². The molecule has 0 saturated heterocycles. The smallest absolute Gasteiger partial charge is 0.334 e. The van der Waals surface area contributed by atoms with Crippen LogP contribution in [0.3, 0.4) is 0 Å². The van der Waals surface area contributed by atoms with E-state index in [4.69, 9.17) is 9.84 Å². The molecule has 0 bridgehead atoms. The van der Waals surface area contributed by atoms with E-state index in [0.29, 0.717) is 5.75 Å². The summed E-state index contributed by atoms with van der Waals surface area (Å²) in [5.41, 5.74) is 0.170. The third-order valence-corrected chi connectivity index (χ3v) is 1.45. The first-order valence-corrected chi connectivity index (χ1v) is 3.82. The van der Waals surface area contributed by atoms with Crippen LogP contribution in [0.5, 0.6) is 5.75 Å². The summed E-state index contributed by atoms with van der Waals surface area (Å²) in [5, 5.41) is 8.51. The Balaban J connectivity index is 2.62. The van der Waals surface area contributed by atoms with Crippen molar-refractivity contribution in [1.82, 2.24) is 0 Å². The Bertz CT molecular complexity index is 314. The van der Waals surface area contributed by atoms with Gasteiger partial charge in [0.25, 0.3) is 0 Å². The molecule has 1 aromatic rings. The number of hydrogen-bond acceptors (Lipinski definition) is 2. The summed E-state index contributed by atoms with van der Waals surface area (Å²) < 4.78 is 5.09. The van der Waals surface area contributed by atoms with Gasteiger partial charge in [-0.2, -0.15) is 0 Å². The molecule has 0 heterocycles. The monoisotopic (exact) mass is 178 g/mol. The molecular weight excluding hydrogens is 168 g/mol. The largest absolute Gasteiger partial charge is 0.478 e. The van der Waals surface area contributed by atoms with E-state index in [-0.39, 0.29) is 5.57 Å². The van der Waals surface area contributed by atoms with Gasteiger partial charge in [0.05, 0.1) is 5.57 Å². The van der Waals surface area contributed by atoms with Crippen LogP contribution in [0.4, 0.5) is 0 Å². The second-order valence-electron chi connectivity index (χ2n) is 2.54. The van der Waals surface area contributed by atoms with E-state index in [9.17, 15) is 4.79 Å². The number of hydrogen-bond donors (Lipinski definition) is 1.